The first-order valence-electron chi connectivity index (χ1n) is 13.0. The molecular formula is C26H47NO5. The lowest BCUT2D eigenvalue weighted by Crippen LogP contribution is -2.29. The lowest BCUT2D eigenvalue weighted by atomic mass is 9.87. The fourth-order valence-electron chi connectivity index (χ4n) is 4.61. The number of carbonyl (C=O) groups is 1. The molecule has 0 aromatic carbocycles. The molecule has 2 atom stereocenters. The van der Waals surface area contributed by atoms with Crippen LogP contribution in [0.4, 0.5) is 0 Å². The topological polar surface area (TPSA) is 77.4 Å². The first-order chi connectivity index (χ1) is 15.3. The minimum atomic E-state index is -0.450. The van der Waals surface area contributed by atoms with Gasteiger partial charge in [-0.3, -0.25) is 4.79 Å². The lowest BCUT2D eigenvalue weighted by Gasteiger charge is -2.28. The Morgan fingerprint density at radius 1 is 1.06 bits per heavy atom. The maximum absolute atomic E-state index is 12.2. The molecule has 186 valence electrons. The highest BCUT2D eigenvalue weighted by Crippen LogP contribution is 2.33. The average molecular weight is 454 g/mol. The number of rotatable bonds is 14. The number of carbonyl (C=O) groups excluding carboxylic acids is 1. The van der Waals surface area contributed by atoms with E-state index in [9.17, 15) is 4.79 Å². The Morgan fingerprint density at radius 3 is 2.44 bits per heavy atom. The highest BCUT2D eigenvalue weighted by Gasteiger charge is 2.36. The third kappa shape index (κ3) is 10.2. The molecular weight excluding hydrogens is 406 g/mol. The second-order valence-electron chi connectivity index (χ2n) is 10.4. The van der Waals surface area contributed by atoms with Gasteiger partial charge in [0, 0.05) is 25.6 Å². The molecule has 32 heavy (non-hydrogen) atoms. The second-order valence-corrected chi connectivity index (χ2v) is 10.4. The third-order valence-corrected chi connectivity index (χ3v) is 6.33. The van der Waals surface area contributed by atoms with E-state index in [1.807, 2.05) is 20.8 Å². The van der Waals surface area contributed by atoms with E-state index in [0.29, 0.717) is 31.8 Å². The number of unbranched alkanes of at least 4 members (excludes halogenated alkanes) is 4. The number of hydrogen-bond donors (Lipinski definition) is 1. The molecule has 0 spiro atoms. The maximum atomic E-state index is 12.2. The van der Waals surface area contributed by atoms with Crippen molar-refractivity contribution >= 4 is 11.9 Å². The predicted molar refractivity (Wildman–Crippen MR) is 128 cm³/mol. The molecule has 0 bridgehead atoms. The summed E-state index contributed by atoms with van der Waals surface area (Å²) in [4.78, 5) is 17.2. The Labute approximate surface area is 195 Å². The van der Waals surface area contributed by atoms with E-state index < -0.39 is 5.60 Å². The monoisotopic (exact) mass is 453 g/mol. The van der Waals surface area contributed by atoms with Gasteiger partial charge in [-0.15, -0.1) is 0 Å². The minimum Gasteiger partial charge on any atom is -0.475 e. The maximum Gasteiger partial charge on any atom is 0.306 e. The predicted octanol–water partition coefficient (Wildman–Crippen LogP) is 5.59. The summed E-state index contributed by atoms with van der Waals surface area (Å²) in [6, 6.07) is 0.0576. The van der Waals surface area contributed by atoms with Gasteiger partial charge in [0.1, 0.15) is 11.7 Å². The number of esters is 1. The molecule has 2 aliphatic rings. The zero-order chi connectivity index (χ0) is 23.4. The van der Waals surface area contributed by atoms with Gasteiger partial charge in [0.05, 0.1) is 12.1 Å². The van der Waals surface area contributed by atoms with Crippen LogP contribution in [0.3, 0.4) is 0 Å². The first kappa shape index (κ1) is 27.1. The van der Waals surface area contributed by atoms with Gasteiger partial charge < -0.3 is 19.3 Å². The normalized spacial score (nSPS) is 26.0. The van der Waals surface area contributed by atoms with E-state index in [1.165, 1.54) is 25.7 Å². The molecule has 1 heterocycles. The van der Waals surface area contributed by atoms with Gasteiger partial charge in [-0.05, 0) is 72.1 Å². The van der Waals surface area contributed by atoms with Crippen molar-refractivity contribution in [1.29, 1.82) is 0 Å². The number of ether oxygens (including phenoxy) is 3. The van der Waals surface area contributed by atoms with Crippen LogP contribution in [0.5, 0.6) is 0 Å². The van der Waals surface area contributed by atoms with Crippen LogP contribution < -0.4 is 0 Å². The fourth-order valence-corrected chi connectivity index (χ4v) is 4.61. The zero-order valence-electron chi connectivity index (χ0n) is 20.9. The SMILES string of the molecule is CCCCCCC[C@H]1OC(C2CCC(OCCCO)CC2)=N[C@@H]1CCC(=O)OC(C)(C)C. The first-order valence-corrected chi connectivity index (χ1v) is 13.0. The molecule has 0 amide bonds. The summed E-state index contributed by atoms with van der Waals surface area (Å²) < 4.78 is 17.8. The van der Waals surface area contributed by atoms with Crippen molar-refractivity contribution in [2.75, 3.05) is 13.2 Å². The number of hydrogen-bond acceptors (Lipinski definition) is 6. The average Bonchev–Trinajstić information content (AvgIpc) is 3.14. The highest BCUT2D eigenvalue weighted by molar-refractivity contribution is 5.81. The van der Waals surface area contributed by atoms with Crippen LogP contribution in [0, 0.1) is 5.92 Å². The van der Waals surface area contributed by atoms with Crippen molar-refractivity contribution in [3.05, 3.63) is 0 Å². The molecule has 0 unspecified atom stereocenters. The van der Waals surface area contributed by atoms with Crippen LogP contribution in [0.15, 0.2) is 4.99 Å². The largest absolute Gasteiger partial charge is 0.475 e. The van der Waals surface area contributed by atoms with Crippen LogP contribution in [0.1, 0.15) is 111 Å². The standard InChI is InChI=1S/C26H47NO5/c1-5-6-7-8-9-11-23-22(16-17-24(29)32-26(2,3)4)27-25(31-23)20-12-14-21(15-13-20)30-19-10-18-28/h20-23,28H,5-19H2,1-4H3/t20?,21?,22-,23-/m1/s1. The van der Waals surface area contributed by atoms with E-state index in [1.54, 1.807) is 0 Å². The molecule has 0 aromatic rings. The molecule has 1 fully saturated rings. The summed E-state index contributed by atoms with van der Waals surface area (Å²) >= 11 is 0. The zero-order valence-corrected chi connectivity index (χ0v) is 20.9. The van der Waals surface area contributed by atoms with Crippen molar-refractivity contribution in [2.45, 2.75) is 135 Å². The van der Waals surface area contributed by atoms with Crippen molar-refractivity contribution in [3.63, 3.8) is 0 Å². The summed E-state index contributed by atoms with van der Waals surface area (Å²) in [6.45, 7) is 8.77. The van der Waals surface area contributed by atoms with Gasteiger partial charge in [-0.1, -0.05) is 32.6 Å². The molecule has 6 nitrogen and oxygen atoms in total. The molecule has 2 rings (SSSR count). The van der Waals surface area contributed by atoms with Crippen LogP contribution in [-0.2, 0) is 19.0 Å². The molecule has 1 saturated carbocycles. The third-order valence-electron chi connectivity index (χ3n) is 6.33. The van der Waals surface area contributed by atoms with Gasteiger partial charge in [0.25, 0.3) is 0 Å². The Hall–Kier alpha value is -1.14. The van der Waals surface area contributed by atoms with Crippen molar-refractivity contribution in [3.8, 4) is 0 Å². The quantitative estimate of drug-likeness (QED) is 0.274. The van der Waals surface area contributed by atoms with Crippen LogP contribution in [0.25, 0.3) is 0 Å². The smallest absolute Gasteiger partial charge is 0.306 e. The van der Waals surface area contributed by atoms with E-state index in [0.717, 1.165) is 44.4 Å². The molecule has 0 saturated heterocycles. The number of aliphatic imine (C=N–C) groups is 1. The summed E-state index contributed by atoms with van der Waals surface area (Å²) in [5.41, 5.74) is -0.450. The molecule has 0 aromatic heterocycles. The molecule has 1 aliphatic carbocycles. The Balaban J connectivity index is 1.86. The van der Waals surface area contributed by atoms with Crippen molar-refractivity contribution in [1.82, 2.24) is 0 Å². The highest BCUT2D eigenvalue weighted by atomic mass is 16.6. The summed E-state index contributed by atoms with van der Waals surface area (Å²) in [5, 5.41) is 8.93. The van der Waals surface area contributed by atoms with Gasteiger partial charge in [-0.2, -0.15) is 0 Å². The van der Waals surface area contributed by atoms with Gasteiger partial charge >= 0.3 is 5.97 Å². The molecule has 0 radical (unpaired) electrons. The molecule has 1 aliphatic heterocycles. The summed E-state index contributed by atoms with van der Waals surface area (Å²) in [7, 11) is 0. The van der Waals surface area contributed by atoms with E-state index in [4.69, 9.17) is 24.3 Å². The summed E-state index contributed by atoms with van der Waals surface area (Å²) in [5.74, 6) is 1.12. The van der Waals surface area contributed by atoms with E-state index >= 15 is 0 Å². The number of aliphatic hydroxyl groups excluding tert-OH is 1. The van der Waals surface area contributed by atoms with Crippen molar-refractivity contribution in [2.24, 2.45) is 10.9 Å². The minimum absolute atomic E-state index is 0.0576. The number of aliphatic hydroxyl groups is 1. The fraction of sp³-hybridized carbons (Fsp3) is 0.923. The van der Waals surface area contributed by atoms with Gasteiger partial charge in [0.2, 0.25) is 0 Å². The van der Waals surface area contributed by atoms with Crippen LogP contribution >= 0.6 is 0 Å². The van der Waals surface area contributed by atoms with Crippen LogP contribution in [0.2, 0.25) is 0 Å². The Kier molecular flexibility index (Phi) is 12.0. The van der Waals surface area contributed by atoms with E-state index in [-0.39, 0.29) is 30.8 Å². The van der Waals surface area contributed by atoms with Gasteiger partial charge in [0.15, 0.2) is 5.90 Å². The second kappa shape index (κ2) is 14.2. The molecule has 1 N–H and O–H groups in total. The van der Waals surface area contributed by atoms with Crippen molar-refractivity contribution < 1.29 is 24.1 Å². The van der Waals surface area contributed by atoms with Gasteiger partial charge in [-0.25, -0.2) is 4.99 Å². The lowest BCUT2D eigenvalue weighted by molar-refractivity contribution is -0.155. The van der Waals surface area contributed by atoms with Crippen LogP contribution in [-0.4, -0.2) is 54.0 Å². The summed E-state index contributed by atoms with van der Waals surface area (Å²) in [6.07, 6.45) is 13.5. The Bertz CT molecular complexity index is 563. The number of nitrogens with zero attached hydrogens (tertiary/aromatic N) is 1. The molecule has 6 heteroatoms. The van der Waals surface area contributed by atoms with E-state index in [2.05, 4.69) is 6.92 Å². The Morgan fingerprint density at radius 2 is 1.78 bits per heavy atom.